The molecule has 0 heterocycles. The summed E-state index contributed by atoms with van der Waals surface area (Å²) in [6.45, 7) is 9.45. The molecule has 86 valence electrons. The number of carbonyl (C=O) groups excluding carboxylic acids is 1. The largest absolute Gasteiger partial charge is 0.444 e. The van der Waals surface area contributed by atoms with Crippen molar-refractivity contribution in [2.24, 2.45) is 5.92 Å². The number of amides is 1. The molecule has 0 aliphatic rings. The van der Waals surface area contributed by atoms with Crippen LogP contribution in [-0.4, -0.2) is 29.7 Å². The first-order chi connectivity index (χ1) is 6.69. The first kappa shape index (κ1) is 13.8. The van der Waals surface area contributed by atoms with Crippen molar-refractivity contribution in [2.75, 3.05) is 7.05 Å². The summed E-state index contributed by atoms with van der Waals surface area (Å²) >= 11 is 0. The van der Waals surface area contributed by atoms with E-state index in [0.717, 1.165) is 0 Å². The maximum absolute atomic E-state index is 11.7. The number of hydrogen-bond acceptors (Lipinski definition) is 2. The molecule has 3 heteroatoms. The summed E-state index contributed by atoms with van der Waals surface area (Å²) in [5.41, 5.74) is -0.485. The highest BCUT2D eigenvalue weighted by atomic mass is 16.6. The zero-order valence-electron chi connectivity index (χ0n) is 10.5. The van der Waals surface area contributed by atoms with Crippen molar-refractivity contribution in [1.82, 2.24) is 4.90 Å². The van der Waals surface area contributed by atoms with Crippen LogP contribution in [0.4, 0.5) is 4.79 Å². The lowest BCUT2D eigenvalue weighted by molar-refractivity contribution is 0.0231. The van der Waals surface area contributed by atoms with E-state index >= 15 is 0 Å². The fraction of sp³-hybridized carbons (Fsp3) is 0.750. The highest BCUT2D eigenvalue weighted by Crippen LogP contribution is 2.14. The van der Waals surface area contributed by atoms with Crippen LogP contribution in [0.2, 0.25) is 0 Å². The molecule has 0 spiro atoms. The molecule has 0 fully saturated rings. The third-order valence-corrected chi connectivity index (χ3v) is 1.90. The average molecular weight is 211 g/mol. The van der Waals surface area contributed by atoms with Crippen LogP contribution in [0.5, 0.6) is 0 Å². The number of rotatable bonds is 2. The van der Waals surface area contributed by atoms with Crippen LogP contribution in [-0.2, 0) is 4.74 Å². The van der Waals surface area contributed by atoms with Crippen LogP contribution in [0.3, 0.4) is 0 Å². The van der Waals surface area contributed by atoms with Gasteiger partial charge in [0.05, 0.1) is 6.04 Å². The van der Waals surface area contributed by atoms with Gasteiger partial charge >= 0.3 is 6.09 Å². The van der Waals surface area contributed by atoms with E-state index in [9.17, 15) is 4.79 Å². The first-order valence-corrected chi connectivity index (χ1v) is 5.11. The summed E-state index contributed by atoms with van der Waals surface area (Å²) in [5.74, 6) is 2.81. The number of carbonyl (C=O) groups is 1. The Morgan fingerprint density at radius 1 is 1.40 bits per heavy atom. The molecule has 15 heavy (non-hydrogen) atoms. The maximum atomic E-state index is 11.7. The molecular weight excluding hydrogens is 190 g/mol. The second-order valence-corrected chi connectivity index (χ2v) is 4.95. The van der Waals surface area contributed by atoms with E-state index in [4.69, 9.17) is 11.2 Å². The minimum absolute atomic E-state index is 0.215. The van der Waals surface area contributed by atoms with Gasteiger partial charge in [0.2, 0.25) is 0 Å². The molecule has 0 aliphatic heterocycles. The van der Waals surface area contributed by atoms with Gasteiger partial charge in [0.1, 0.15) is 5.60 Å². The monoisotopic (exact) mass is 211 g/mol. The van der Waals surface area contributed by atoms with E-state index in [1.54, 1.807) is 7.05 Å². The fourth-order valence-electron chi connectivity index (χ4n) is 1.20. The highest BCUT2D eigenvalue weighted by molar-refractivity contribution is 5.68. The number of terminal acetylenes is 1. The summed E-state index contributed by atoms with van der Waals surface area (Å²) in [4.78, 5) is 13.1. The molecule has 0 aromatic rings. The Bertz CT molecular complexity index is 258. The van der Waals surface area contributed by atoms with Crippen molar-refractivity contribution in [3.63, 3.8) is 0 Å². The van der Waals surface area contributed by atoms with E-state index < -0.39 is 5.60 Å². The molecule has 0 aromatic heterocycles. The van der Waals surface area contributed by atoms with Gasteiger partial charge in [-0.2, -0.15) is 0 Å². The van der Waals surface area contributed by atoms with Gasteiger partial charge in [-0.05, 0) is 26.7 Å². The number of nitrogens with zero attached hydrogens (tertiary/aromatic N) is 1. The van der Waals surface area contributed by atoms with Crippen molar-refractivity contribution in [3.05, 3.63) is 0 Å². The molecule has 0 rings (SSSR count). The first-order valence-electron chi connectivity index (χ1n) is 5.11. The smallest absolute Gasteiger partial charge is 0.411 e. The summed E-state index contributed by atoms with van der Waals surface area (Å²) in [6, 6.07) is -0.222. The minimum atomic E-state index is -0.485. The topological polar surface area (TPSA) is 29.5 Å². The predicted octanol–water partition coefficient (Wildman–Crippen LogP) is 2.51. The second kappa shape index (κ2) is 5.06. The van der Waals surface area contributed by atoms with Crippen molar-refractivity contribution in [1.29, 1.82) is 0 Å². The van der Waals surface area contributed by atoms with Crippen LogP contribution in [0.1, 0.15) is 34.6 Å². The molecule has 0 bridgehead atoms. The summed E-state index contributed by atoms with van der Waals surface area (Å²) in [7, 11) is 1.67. The van der Waals surface area contributed by atoms with Gasteiger partial charge in [-0.15, -0.1) is 6.42 Å². The van der Waals surface area contributed by atoms with E-state index in [1.165, 1.54) is 4.90 Å². The molecule has 0 radical (unpaired) electrons. The van der Waals surface area contributed by atoms with Crippen LogP contribution >= 0.6 is 0 Å². The van der Waals surface area contributed by atoms with Crippen molar-refractivity contribution in [2.45, 2.75) is 46.3 Å². The zero-order valence-corrected chi connectivity index (χ0v) is 10.5. The van der Waals surface area contributed by atoms with Gasteiger partial charge < -0.3 is 4.74 Å². The lowest BCUT2D eigenvalue weighted by Crippen LogP contribution is -2.42. The third kappa shape index (κ3) is 4.73. The molecule has 0 saturated carbocycles. The SMILES string of the molecule is C#C[C@H](C(C)C)N(C)C(=O)OC(C)(C)C. The summed E-state index contributed by atoms with van der Waals surface area (Å²) in [5, 5.41) is 0. The van der Waals surface area contributed by atoms with Gasteiger partial charge in [0.15, 0.2) is 0 Å². The van der Waals surface area contributed by atoms with Gasteiger partial charge in [-0.25, -0.2) is 4.79 Å². The lowest BCUT2D eigenvalue weighted by Gasteiger charge is -2.29. The molecule has 0 N–H and O–H groups in total. The quantitative estimate of drug-likeness (QED) is 0.657. The predicted molar refractivity (Wildman–Crippen MR) is 61.5 cm³/mol. The van der Waals surface area contributed by atoms with Gasteiger partial charge in [-0.1, -0.05) is 19.8 Å². The zero-order chi connectivity index (χ0) is 12.2. The maximum Gasteiger partial charge on any atom is 0.411 e. The molecule has 0 aromatic carbocycles. The Morgan fingerprint density at radius 3 is 2.13 bits per heavy atom. The van der Waals surface area contributed by atoms with Crippen LogP contribution in [0.25, 0.3) is 0 Å². The van der Waals surface area contributed by atoms with E-state index in [2.05, 4.69) is 5.92 Å². The highest BCUT2D eigenvalue weighted by Gasteiger charge is 2.25. The summed E-state index contributed by atoms with van der Waals surface area (Å²) in [6.07, 6.45) is 5.00. The average Bonchev–Trinajstić information content (AvgIpc) is 2.01. The second-order valence-electron chi connectivity index (χ2n) is 4.95. The van der Waals surface area contributed by atoms with Crippen LogP contribution in [0, 0.1) is 18.3 Å². The molecule has 0 aliphatic carbocycles. The van der Waals surface area contributed by atoms with Crippen molar-refractivity contribution >= 4 is 6.09 Å². The van der Waals surface area contributed by atoms with Crippen molar-refractivity contribution < 1.29 is 9.53 Å². The van der Waals surface area contributed by atoms with Gasteiger partial charge in [-0.3, -0.25) is 4.90 Å². The molecule has 0 unspecified atom stereocenters. The number of ether oxygens (including phenoxy) is 1. The van der Waals surface area contributed by atoms with Gasteiger partial charge in [0.25, 0.3) is 0 Å². The Kier molecular flexibility index (Phi) is 4.67. The van der Waals surface area contributed by atoms with Crippen LogP contribution in [0.15, 0.2) is 0 Å². The van der Waals surface area contributed by atoms with E-state index in [1.807, 2.05) is 34.6 Å². The Hall–Kier alpha value is -1.17. The number of hydrogen-bond donors (Lipinski definition) is 0. The normalized spacial score (nSPS) is 13.2. The Labute approximate surface area is 92.8 Å². The molecule has 1 atom stereocenters. The molecule has 0 saturated heterocycles. The standard InChI is InChI=1S/C12H21NO2/c1-8-10(9(2)3)13(7)11(14)15-12(4,5)6/h1,9-10H,2-7H3/t10-/m1/s1. The molecular formula is C12H21NO2. The van der Waals surface area contributed by atoms with Crippen LogP contribution < -0.4 is 0 Å². The molecule has 3 nitrogen and oxygen atoms in total. The van der Waals surface area contributed by atoms with Gasteiger partial charge in [0, 0.05) is 7.05 Å². The fourth-order valence-corrected chi connectivity index (χ4v) is 1.20. The lowest BCUT2D eigenvalue weighted by atomic mass is 10.0. The minimum Gasteiger partial charge on any atom is -0.444 e. The van der Waals surface area contributed by atoms with E-state index in [0.29, 0.717) is 0 Å². The third-order valence-electron chi connectivity index (χ3n) is 1.90. The molecule has 1 amide bonds. The Balaban J connectivity index is 4.51. The Morgan fingerprint density at radius 2 is 1.87 bits per heavy atom. The van der Waals surface area contributed by atoms with Crippen molar-refractivity contribution in [3.8, 4) is 12.3 Å². The summed E-state index contributed by atoms with van der Waals surface area (Å²) < 4.78 is 5.22. The van der Waals surface area contributed by atoms with E-state index in [-0.39, 0.29) is 18.1 Å².